The Labute approximate surface area is 171 Å². The van der Waals surface area contributed by atoms with E-state index in [2.05, 4.69) is 10.0 Å². The molecule has 3 aromatic carbocycles. The van der Waals surface area contributed by atoms with Crippen molar-refractivity contribution in [2.24, 2.45) is 0 Å². The lowest BCUT2D eigenvalue weighted by atomic mass is 10.2. The van der Waals surface area contributed by atoms with Crippen molar-refractivity contribution in [3.63, 3.8) is 0 Å². The van der Waals surface area contributed by atoms with Gasteiger partial charge in [-0.2, -0.15) is 0 Å². The molecule has 0 aliphatic carbocycles. The van der Waals surface area contributed by atoms with Crippen molar-refractivity contribution in [1.29, 1.82) is 0 Å². The Hall–Kier alpha value is -2.97. The molecule has 0 aliphatic rings. The minimum absolute atomic E-state index is 0.261. The predicted octanol–water partition coefficient (Wildman–Crippen LogP) is 4.98. The molecule has 3 rings (SSSR count). The number of benzene rings is 3. The second-order valence-electron chi connectivity index (χ2n) is 6.14. The summed E-state index contributed by atoms with van der Waals surface area (Å²) in [6.07, 6.45) is 0. The normalized spacial score (nSPS) is 11.2. The lowest BCUT2D eigenvalue weighted by Gasteiger charge is -2.12. The van der Waals surface area contributed by atoms with Gasteiger partial charge in [-0.1, -0.05) is 23.7 Å². The lowest BCUT2D eigenvalue weighted by Crippen LogP contribution is -2.16. The number of halogens is 3. The highest BCUT2D eigenvalue weighted by molar-refractivity contribution is 7.92. The van der Waals surface area contributed by atoms with Crippen molar-refractivity contribution in [2.75, 3.05) is 10.0 Å². The van der Waals surface area contributed by atoms with Crippen LogP contribution in [0.2, 0.25) is 5.02 Å². The van der Waals surface area contributed by atoms with Crippen molar-refractivity contribution < 1.29 is 22.0 Å². The molecule has 5 nitrogen and oxygen atoms in total. The number of nitrogens with one attached hydrogen (secondary N) is 2. The number of anilines is 2. The summed E-state index contributed by atoms with van der Waals surface area (Å²) in [4.78, 5) is 11.8. The van der Waals surface area contributed by atoms with E-state index < -0.39 is 27.6 Å². The van der Waals surface area contributed by atoms with Crippen molar-refractivity contribution >= 4 is 38.9 Å². The molecule has 3 aromatic rings. The zero-order valence-corrected chi connectivity index (χ0v) is 16.6. The van der Waals surface area contributed by atoms with Crippen LogP contribution in [0, 0.1) is 18.6 Å². The third-order valence-electron chi connectivity index (χ3n) is 4.05. The van der Waals surface area contributed by atoms with Gasteiger partial charge in [0.25, 0.3) is 15.9 Å². The molecule has 0 heterocycles. The highest BCUT2D eigenvalue weighted by Crippen LogP contribution is 2.25. The Bertz CT molecular complexity index is 1200. The molecule has 0 bridgehead atoms. The first-order chi connectivity index (χ1) is 13.7. The smallest absolute Gasteiger partial charge is 0.262 e. The van der Waals surface area contributed by atoms with Gasteiger partial charge in [0.15, 0.2) is 0 Å². The van der Waals surface area contributed by atoms with Crippen LogP contribution < -0.4 is 10.0 Å². The van der Waals surface area contributed by atoms with Crippen LogP contribution in [0.4, 0.5) is 20.2 Å². The number of aryl methyl sites for hydroxylation is 1. The zero-order chi connectivity index (χ0) is 21.2. The maximum Gasteiger partial charge on any atom is 0.262 e. The predicted molar refractivity (Wildman–Crippen MR) is 108 cm³/mol. The quantitative estimate of drug-likeness (QED) is 0.592. The van der Waals surface area contributed by atoms with Crippen LogP contribution in [0.25, 0.3) is 0 Å². The molecule has 0 fully saturated rings. The average molecular weight is 437 g/mol. The van der Waals surface area contributed by atoms with Gasteiger partial charge in [-0.15, -0.1) is 0 Å². The average Bonchev–Trinajstić information content (AvgIpc) is 2.66. The van der Waals surface area contributed by atoms with Crippen LogP contribution in [-0.2, 0) is 10.0 Å². The molecule has 0 saturated carbocycles. The van der Waals surface area contributed by atoms with Gasteiger partial charge in [-0.25, -0.2) is 17.2 Å². The topological polar surface area (TPSA) is 75.3 Å². The molecule has 9 heteroatoms. The maximum absolute atomic E-state index is 14.4. The van der Waals surface area contributed by atoms with Crippen LogP contribution in [0.5, 0.6) is 0 Å². The van der Waals surface area contributed by atoms with E-state index in [4.69, 9.17) is 11.6 Å². The SMILES string of the molecule is Cc1cc(Cl)ccc1NS(=O)(=O)c1ccc(NC(=O)c2ccccc2F)c(F)c1. The molecule has 0 unspecified atom stereocenters. The number of hydrogen-bond donors (Lipinski definition) is 2. The summed E-state index contributed by atoms with van der Waals surface area (Å²) in [5, 5.41) is 2.68. The van der Waals surface area contributed by atoms with Crippen LogP contribution in [-0.4, -0.2) is 14.3 Å². The van der Waals surface area contributed by atoms with E-state index in [1.165, 1.54) is 30.3 Å². The number of sulfonamides is 1. The molecule has 29 heavy (non-hydrogen) atoms. The van der Waals surface area contributed by atoms with Crippen molar-refractivity contribution in [3.05, 3.63) is 88.4 Å². The molecular weight excluding hydrogens is 422 g/mol. The van der Waals surface area contributed by atoms with Gasteiger partial charge >= 0.3 is 0 Å². The molecular formula is C20H15ClF2N2O3S. The van der Waals surface area contributed by atoms with Gasteiger partial charge in [0.2, 0.25) is 0 Å². The van der Waals surface area contributed by atoms with Crippen LogP contribution in [0.1, 0.15) is 15.9 Å². The Kier molecular flexibility index (Phi) is 5.86. The Morgan fingerprint density at radius 3 is 2.28 bits per heavy atom. The van der Waals surface area contributed by atoms with Crippen LogP contribution >= 0.6 is 11.6 Å². The van der Waals surface area contributed by atoms with Gasteiger partial charge in [0.05, 0.1) is 21.8 Å². The maximum atomic E-state index is 14.4. The molecule has 0 saturated heterocycles. The number of carbonyl (C=O) groups excluding carboxylic acids is 1. The molecule has 2 N–H and O–H groups in total. The first-order valence-corrected chi connectivity index (χ1v) is 10.2. The Morgan fingerprint density at radius 2 is 1.62 bits per heavy atom. The molecule has 0 atom stereocenters. The summed E-state index contributed by atoms with van der Waals surface area (Å²) >= 11 is 5.85. The molecule has 150 valence electrons. The van der Waals surface area contributed by atoms with Gasteiger partial charge < -0.3 is 5.32 Å². The number of rotatable bonds is 5. The van der Waals surface area contributed by atoms with E-state index in [9.17, 15) is 22.0 Å². The van der Waals surface area contributed by atoms with Crippen LogP contribution in [0.15, 0.2) is 65.6 Å². The lowest BCUT2D eigenvalue weighted by molar-refractivity contribution is 0.102. The second-order valence-corrected chi connectivity index (χ2v) is 8.26. The molecule has 1 amide bonds. The third kappa shape index (κ3) is 4.72. The monoisotopic (exact) mass is 436 g/mol. The minimum atomic E-state index is -4.08. The fourth-order valence-electron chi connectivity index (χ4n) is 2.54. The van der Waals surface area contributed by atoms with E-state index >= 15 is 0 Å². The fraction of sp³-hybridized carbons (Fsp3) is 0.0500. The molecule has 0 spiro atoms. The minimum Gasteiger partial charge on any atom is -0.319 e. The van der Waals surface area contributed by atoms with E-state index in [1.807, 2.05) is 0 Å². The van der Waals surface area contributed by atoms with E-state index in [0.717, 1.165) is 24.3 Å². The Morgan fingerprint density at radius 1 is 0.931 bits per heavy atom. The molecule has 0 radical (unpaired) electrons. The molecule has 0 aromatic heterocycles. The summed E-state index contributed by atoms with van der Waals surface area (Å²) in [6, 6.07) is 12.8. The summed E-state index contributed by atoms with van der Waals surface area (Å²) in [5.74, 6) is -2.59. The summed E-state index contributed by atoms with van der Waals surface area (Å²) in [5.41, 5.74) is 0.352. The second kappa shape index (κ2) is 8.18. The standard InChI is InChI=1S/C20H15ClF2N2O3S/c1-12-10-13(21)6-8-18(12)25-29(27,28)14-7-9-19(17(23)11-14)24-20(26)15-4-2-3-5-16(15)22/h2-11,25H,1H3,(H,24,26). The van der Waals surface area contributed by atoms with E-state index in [0.29, 0.717) is 16.3 Å². The van der Waals surface area contributed by atoms with Crippen molar-refractivity contribution in [2.45, 2.75) is 11.8 Å². The third-order valence-corrected chi connectivity index (χ3v) is 5.65. The first-order valence-electron chi connectivity index (χ1n) is 8.32. The first kappa shape index (κ1) is 20.8. The van der Waals surface area contributed by atoms with Crippen LogP contribution in [0.3, 0.4) is 0 Å². The van der Waals surface area contributed by atoms with Gasteiger partial charge in [-0.3, -0.25) is 9.52 Å². The van der Waals surface area contributed by atoms with Gasteiger partial charge in [0, 0.05) is 5.02 Å². The summed E-state index contributed by atoms with van der Waals surface area (Å²) in [7, 11) is -4.08. The number of hydrogen-bond acceptors (Lipinski definition) is 3. The summed E-state index contributed by atoms with van der Waals surface area (Å²) < 4.78 is 55.5. The number of carbonyl (C=O) groups is 1. The van der Waals surface area contributed by atoms with Crippen molar-refractivity contribution in [3.8, 4) is 0 Å². The fourth-order valence-corrected chi connectivity index (χ4v) is 3.91. The van der Waals surface area contributed by atoms with E-state index in [1.54, 1.807) is 13.0 Å². The van der Waals surface area contributed by atoms with Crippen molar-refractivity contribution in [1.82, 2.24) is 0 Å². The Balaban J connectivity index is 1.83. The van der Waals surface area contributed by atoms with Gasteiger partial charge in [0.1, 0.15) is 11.6 Å². The largest absolute Gasteiger partial charge is 0.319 e. The summed E-state index contributed by atoms with van der Waals surface area (Å²) in [6.45, 7) is 1.67. The number of amides is 1. The highest BCUT2D eigenvalue weighted by atomic mass is 35.5. The van der Waals surface area contributed by atoms with E-state index in [-0.39, 0.29) is 16.1 Å². The molecule has 0 aliphatic heterocycles. The highest BCUT2D eigenvalue weighted by Gasteiger charge is 2.19. The van der Waals surface area contributed by atoms with Gasteiger partial charge in [-0.05, 0) is 61.0 Å². The zero-order valence-electron chi connectivity index (χ0n) is 15.0.